The van der Waals surface area contributed by atoms with Crippen molar-refractivity contribution >= 4 is 22.3 Å². The van der Waals surface area contributed by atoms with Crippen LogP contribution in [0.3, 0.4) is 0 Å². The number of rotatable bonds is 7. The van der Waals surface area contributed by atoms with E-state index in [-0.39, 0.29) is 17.4 Å². The molecule has 0 saturated heterocycles. The molecule has 0 amide bonds. The van der Waals surface area contributed by atoms with Gasteiger partial charge in [0.15, 0.2) is 0 Å². The van der Waals surface area contributed by atoms with E-state index >= 15 is 0 Å². The second-order valence-corrected chi connectivity index (χ2v) is 5.49. The summed E-state index contributed by atoms with van der Waals surface area (Å²) in [7, 11) is 0. The van der Waals surface area contributed by atoms with Crippen LogP contribution < -0.4 is 10.1 Å². The smallest absolute Gasteiger partial charge is 0.373 e. The largest absolute Gasteiger partial charge is 0.433 e. The standard InChI is InChI=1S/C18H18N4O3/c1-2-3-11-19-17-16(22(23)24)18(21-12-20-17)25-15-10-6-8-13-7-4-5-9-14(13)15/h4-10,12H,2-3,11H2,1H3,(H,19,20,21). The third kappa shape index (κ3) is 3.65. The van der Waals surface area contributed by atoms with Crippen LogP contribution in [0.15, 0.2) is 48.8 Å². The van der Waals surface area contributed by atoms with E-state index in [1.165, 1.54) is 6.33 Å². The predicted octanol–water partition coefficient (Wildman–Crippen LogP) is 4.54. The van der Waals surface area contributed by atoms with E-state index in [0.29, 0.717) is 12.3 Å². The summed E-state index contributed by atoms with van der Waals surface area (Å²) >= 11 is 0. The van der Waals surface area contributed by atoms with Gasteiger partial charge in [-0.05, 0) is 17.9 Å². The quantitative estimate of drug-likeness (QED) is 0.386. The van der Waals surface area contributed by atoms with Crippen molar-refractivity contribution in [3.8, 4) is 11.6 Å². The Morgan fingerprint density at radius 3 is 2.76 bits per heavy atom. The molecule has 2 aromatic carbocycles. The van der Waals surface area contributed by atoms with Crippen molar-refractivity contribution in [3.63, 3.8) is 0 Å². The maximum Gasteiger partial charge on any atom is 0.373 e. The first kappa shape index (κ1) is 16.6. The molecular weight excluding hydrogens is 320 g/mol. The number of hydrogen-bond donors (Lipinski definition) is 1. The Labute approximate surface area is 144 Å². The zero-order valence-electron chi connectivity index (χ0n) is 13.8. The SMILES string of the molecule is CCCCNc1ncnc(Oc2cccc3ccccc23)c1[N+](=O)[O-]. The first-order chi connectivity index (χ1) is 12.2. The number of nitro groups is 1. The molecule has 0 atom stereocenters. The minimum Gasteiger partial charge on any atom is -0.433 e. The van der Waals surface area contributed by atoms with E-state index in [1.54, 1.807) is 6.07 Å². The van der Waals surface area contributed by atoms with Gasteiger partial charge >= 0.3 is 11.6 Å². The van der Waals surface area contributed by atoms with E-state index in [4.69, 9.17) is 4.74 Å². The van der Waals surface area contributed by atoms with Gasteiger partial charge in [-0.1, -0.05) is 49.7 Å². The van der Waals surface area contributed by atoms with Crippen LogP contribution in [-0.4, -0.2) is 21.4 Å². The number of fused-ring (bicyclic) bond motifs is 1. The topological polar surface area (TPSA) is 90.2 Å². The first-order valence-corrected chi connectivity index (χ1v) is 8.09. The molecule has 0 aliphatic carbocycles. The van der Waals surface area contributed by atoms with E-state index in [9.17, 15) is 10.1 Å². The summed E-state index contributed by atoms with van der Waals surface area (Å²) in [5.41, 5.74) is -0.258. The van der Waals surface area contributed by atoms with E-state index in [2.05, 4.69) is 15.3 Å². The molecule has 1 heterocycles. The number of anilines is 1. The van der Waals surface area contributed by atoms with Crippen LogP contribution in [-0.2, 0) is 0 Å². The van der Waals surface area contributed by atoms with Gasteiger partial charge in [0, 0.05) is 11.9 Å². The number of aromatic nitrogens is 2. The summed E-state index contributed by atoms with van der Waals surface area (Å²) in [5.74, 6) is 0.610. The average molecular weight is 338 g/mol. The summed E-state index contributed by atoms with van der Waals surface area (Å²) in [6, 6.07) is 13.2. The van der Waals surface area contributed by atoms with Crippen molar-refractivity contribution in [1.82, 2.24) is 9.97 Å². The van der Waals surface area contributed by atoms with Crippen molar-refractivity contribution in [2.75, 3.05) is 11.9 Å². The Morgan fingerprint density at radius 1 is 1.16 bits per heavy atom. The molecule has 0 aliphatic rings. The number of unbranched alkanes of at least 4 members (excludes halogenated alkanes) is 1. The molecule has 0 aliphatic heterocycles. The third-order valence-electron chi connectivity index (χ3n) is 3.75. The fourth-order valence-corrected chi connectivity index (χ4v) is 2.50. The summed E-state index contributed by atoms with van der Waals surface area (Å²) in [6.07, 6.45) is 3.13. The maximum absolute atomic E-state index is 11.5. The minimum atomic E-state index is -0.519. The van der Waals surface area contributed by atoms with Gasteiger partial charge in [-0.25, -0.2) is 4.98 Å². The van der Waals surface area contributed by atoms with Crippen LogP contribution in [0.25, 0.3) is 10.8 Å². The van der Waals surface area contributed by atoms with Gasteiger partial charge in [0.05, 0.1) is 4.92 Å². The highest BCUT2D eigenvalue weighted by molar-refractivity contribution is 5.88. The summed E-state index contributed by atoms with van der Waals surface area (Å²) in [4.78, 5) is 19.0. The van der Waals surface area contributed by atoms with Crippen molar-refractivity contribution in [1.29, 1.82) is 0 Å². The monoisotopic (exact) mass is 338 g/mol. The minimum absolute atomic E-state index is 0.0737. The van der Waals surface area contributed by atoms with E-state index < -0.39 is 4.92 Å². The highest BCUT2D eigenvalue weighted by atomic mass is 16.6. The lowest BCUT2D eigenvalue weighted by atomic mass is 10.1. The Bertz CT molecular complexity index is 893. The lowest BCUT2D eigenvalue weighted by Crippen LogP contribution is -2.08. The molecule has 3 rings (SSSR count). The van der Waals surface area contributed by atoms with E-state index in [0.717, 1.165) is 23.6 Å². The molecule has 1 aromatic heterocycles. The Hall–Kier alpha value is -3.22. The lowest BCUT2D eigenvalue weighted by molar-refractivity contribution is -0.385. The average Bonchev–Trinajstić information content (AvgIpc) is 2.62. The van der Waals surface area contributed by atoms with Gasteiger partial charge in [0.25, 0.3) is 0 Å². The van der Waals surface area contributed by atoms with Gasteiger partial charge in [-0.15, -0.1) is 0 Å². The van der Waals surface area contributed by atoms with Crippen LogP contribution in [0, 0.1) is 10.1 Å². The maximum atomic E-state index is 11.5. The van der Waals surface area contributed by atoms with Crippen molar-refractivity contribution in [3.05, 3.63) is 58.9 Å². The summed E-state index contributed by atoms with van der Waals surface area (Å²) in [6.45, 7) is 2.65. The Kier molecular flexibility index (Phi) is 5.03. The Balaban J connectivity index is 1.99. The van der Waals surface area contributed by atoms with Crippen LogP contribution >= 0.6 is 0 Å². The number of nitrogens with one attached hydrogen (secondary N) is 1. The number of nitrogens with zero attached hydrogens (tertiary/aromatic N) is 3. The molecule has 0 spiro atoms. The second kappa shape index (κ2) is 7.57. The highest BCUT2D eigenvalue weighted by Gasteiger charge is 2.25. The normalized spacial score (nSPS) is 10.6. The third-order valence-corrected chi connectivity index (χ3v) is 3.75. The van der Waals surface area contributed by atoms with Crippen LogP contribution in [0.5, 0.6) is 11.6 Å². The van der Waals surface area contributed by atoms with Crippen LogP contribution in [0.2, 0.25) is 0 Å². The highest BCUT2D eigenvalue weighted by Crippen LogP contribution is 2.36. The zero-order chi connectivity index (χ0) is 17.6. The Morgan fingerprint density at radius 2 is 1.96 bits per heavy atom. The lowest BCUT2D eigenvalue weighted by Gasteiger charge is -2.10. The molecule has 0 saturated carbocycles. The molecule has 128 valence electrons. The molecule has 0 unspecified atom stereocenters. The molecule has 7 nitrogen and oxygen atoms in total. The number of hydrogen-bond acceptors (Lipinski definition) is 6. The molecule has 0 fully saturated rings. The van der Waals surface area contributed by atoms with Crippen LogP contribution in [0.4, 0.5) is 11.5 Å². The van der Waals surface area contributed by atoms with Crippen molar-refractivity contribution < 1.29 is 9.66 Å². The number of ether oxygens (including phenoxy) is 1. The predicted molar refractivity (Wildman–Crippen MR) is 96.1 cm³/mol. The number of benzene rings is 2. The van der Waals surface area contributed by atoms with E-state index in [1.807, 2.05) is 43.3 Å². The molecule has 3 aromatic rings. The molecule has 0 radical (unpaired) electrons. The van der Waals surface area contributed by atoms with Gasteiger partial charge in [-0.2, -0.15) is 4.98 Å². The molecule has 7 heteroatoms. The summed E-state index contributed by atoms with van der Waals surface area (Å²) < 4.78 is 5.80. The van der Waals surface area contributed by atoms with Crippen molar-refractivity contribution in [2.24, 2.45) is 0 Å². The second-order valence-electron chi connectivity index (χ2n) is 5.49. The van der Waals surface area contributed by atoms with Gasteiger partial charge in [0.2, 0.25) is 5.82 Å². The molecule has 0 bridgehead atoms. The van der Waals surface area contributed by atoms with Gasteiger partial charge in [-0.3, -0.25) is 10.1 Å². The van der Waals surface area contributed by atoms with Crippen molar-refractivity contribution in [2.45, 2.75) is 19.8 Å². The molecule has 1 N–H and O–H groups in total. The van der Waals surface area contributed by atoms with Crippen LogP contribution in [0.1, 0.15) is 19.8 Å². The fourth-order valence-electron chi connectivity index (χ4n) is 2.50. The fraction of sp³-hybridized carbons (Fsp3) is 0.222. The van der Waals surface area contributed by atoms with Gasteiger partial charge < -0.3 is 10.1 Å². The summed E-state index contributed by atoms with van der Waals surface area (Å²) in [5, 5.41) is 16.4. The van der Waals surface area contributed by atoms with Gasteiger partial charge in [0.1, 0.15) is 12.1 Å². The molecule has 25 heavy (non-hydrogen) atoms. The zero-order valence-corrected chi connectivity index (χ0v) is 13.8. The first-order valence-electron chi connectivity index (χ1n) is 8.09. The molecular formula is C18H18N4O3.